The Morgan fingerprint density at radius 2 is 2.04 bits per heavy atom. The SMILES string of the molecule is O=C(Nc1cc(Cl)ccc1O)[C@H]1COCC(=O)N1Cc1ccccc1. The molecule has 0 aromatic heterocycles. The molecule has 3 rings (SSSR count). The third-order valence-electron chi connectivity index (χ3n) is 3.91. The molecule has 7 heteroatoms. The number of halogens is 1. The minimum absolute atomic E-state index is 0.0565. The molecule has 2 amide bonds. The summed E-state index contributed by atoms with van der Waals surface area (Å²) in [6.07, 6.45) is 0. The molecule has 1 atom stereocenters. The van der Waals surface area contributed by atoms with Gasteiger partial charge in [-0.15, -0.1) is 0 Å². The minimum Gasteiger partial charge on any atom is -0.506 e. The summed E-state index contributed by atoms with van der Waals surface area (Å²) in [4.78, 5) is 26.4. The molecule has 25 heavy (non-hydrogen) atoms. The van der Waals surface area contributed by atoms with E-state index in [0.717, 1.165) is 5.56 Å². The quantitative estimate of drug-likeness (QED) is 0.821. The van der Waals surface area contributed by atoms with Crippen molar-refractivity contribution < 1.29 is 19.4 Å². The number of nitrogens with one attached hydrogen (secondary N) is 1. The molecule has 1 aliphatic rings. The second kappa shape index (κ2) is 7.55. The number of aromatic hydroxyl groups is 1. The third-order valence-corrected chi connectivity index (χ3v) is 4.15. The maximum atomic E-state index is 12.6. The molecule has 0 bridgehead atoms. The highest BCUT2D eigenvalue weighted by Gasteiger charge is 2.34. The van der Waals surface area contributed by atoms with E-state index < -0.39 is 11.9 Å². The topological polar surface area (TPSA) is 78.9 Å². The maximum absolute atomic E-state index is 12.6. The van der Waals surface area contributed by atoms with Gasteiger partial charge in [0, 0.05) is 11.6 Å². The second-order valence-electron chi connectivity index (χ2n) is 5.69. The molecular formula is C18H17ClN2O4. The molecule has 6 nitrogen and oxygen atoms in total. The summed E-state index contributed by atoms with van der Waals surface area (Å²) in [6, 6.07) is 13.0. The number of amides is 2. The molecule has 2 aromatic rings. The zero-order valence-corrected chi connectivity index (χ0v) is 14.1. The molecule has 130 valence electrons. The molecule has 1 aliphatic heterocycles. The number of phenols is 1. The highest BCUT2D eigenvalue weighted by atomic mass is 35.5. The van der Waals surface area contributed by atoms with Crippen LogP contribution in [0.1, 0.15) is 5.56 Å². The fourth-order valence-corrected chi connectivity index (χ4v) is 2.80. The van der Waals surface area contributed by atoms with E-state index >= 15 is 0 Å². The number of rotatable bonds is 4. The van der Waals surface area contributed by atoms with Gasteiger partial charge in [-0.25, -0.2) is 0 Å². The average molecular weight is 361 g/mol. The van der Waals surface area contributed by atoms with E-state index in [9.17, 15) is 14.7 Å². The van der Waals surface area contributed by atoms with Gasteiger partial charge in [0.25, 0.3) is 0 Å². The van der Waals surface area contributed by atoms with Gasteiger partial charge in [-0.2, -0.15) is 0 Å². The number of carbonyl (C=O) groups is 2. The molecule has 1 saturated heterocycles. The van der Waals surface area contributed by atoms with Gasteiger partial charge in [-0.05, 0) is 23.8 Å². The highest BCUT2D eigenvalue weighted by Crippen LogP contribution is 2.27. The van der Waals surface area contributed by atoms with Gasteiger partial charge in [0.2, 0.25) is 11.8 Å². The van der Waals surface area contributed by atoms with Gasteiger partial charge >= 0.3 is 0 Å². The van der Waals surface area contributed by atoms with Gasteiger partial charge in [-0.1, -0.05) is 41.9 Å². The lowest BCUT2D eigenvalue weighted by Gasteiger charge is -2.34. The fraction of sp³-hybridized carbons (Fsp3) is 0.222. The predicted molar refractivity (Wildman–Crippen MR) is 93.3 cm³/mol. The second-order valence-corrected chi connectivity index (χ2v) is 6.13. The van der Waals surface area contributed by atoms with Gasteiger partial charge in [0.1, 0.15) is 18.4 Å². The summed E-state index contributed by atoms with van der Waals surface area (Å²) < 4.78 is 5.23. The van der Waals surface area contributed by atoms with Crippen LogP contribution in [0.3, 0.4) is 0 Å². The summed E-state index contributed by atoms with van der Waals surface area (Å²) in [5, 5.41) is 12.8. The Morgan fingerprint density at radius 1 is 1.28 bits per heavy atom. The molecule has 0 saturated carbocycles. The van der Waals surface area contributed by atoms with Crippen LogP contribution in [-0.2, 0) is 20.9 Å². The number of nitrogens with zero attached hydrogens (tertiary/aromatic N) is 1. The van der Waals surface area contributed by atoms with Crippen LogP contribution in [-0.4, -0.2) is 41.1 Å². The van der Waals surface area contributed by atoms with Crippen molar-refractivity contribution in [2.24, 2.45) is 0 Å². The summed E-state index contributed by atoms with van der Waals surface area (Å²) in [5.74, 6) is -0.803. The van der Waals surface area contributed by atoms with Crippen molar-refractivity contribution in [3.63, 3.8) is 0 Å². The van der Waals surface area contributed by atoms with Crippen LogP contribution in [0.15, 0.2) is 48.5 Å². The number of hydrogen-bond donors (Lipinski definition) is 2. The number of anilines is 1. The van der Waals surface area contributed by atoms with Gasteiger partial charge in [-0.3, -0.25) is 9.59 Å². The smallest absolute Gasteiger partial charge is 0.249 e. The van der Waals surface area contributed by atoms with Gasteiger partial charge in [0.15, 0.2) is 0 Å². The fourth-order valence-electron chi connectivity index (χ4n) is 2.62. The Labute approximate surface area is 150 Å². The van der Waals surface area contributed by atoms with E-state index in [0.29, 0.717) is 11.6 Å². The summed E-state index contributed by atoms with van der Waals surface area (Å²) >= 11 is 5.89. The van der Waals surface area contributed by atoms with Crippen LogP contribution in [0.25, 0.3) is 0 Å². The summed E-state index contributed by atoms with van der Waals surface area (Å²) in [5.41, 5.74) is 1.11. The molecule has 1 fully saturated rings. The molecule has 1 heterocycles. The average Bonchev–Trinajstić information content (AvgIpc) is 2.61. The van der Waals surface area contributed by atoms with Crippen molar-refractivity contribution in [1.82, 2.24) is 4.90 Å². The van der Waals surface area contributed by atoms with Crippen LogP contribution in [0.4, 0.5) is 5.69 Å². The van der Waals surface area contributed by atoms with E-state index in [-0.39, 0.29) is 30.6 Å². The maximum Gasteiger partial charge on any atom is 0.249 e. The molecule has 2 N–H and O–H groups in total. The third kappa shape index (κ3) is 4.10. The Kier molecular flexibility index (Phi) is 5.21. The van der Waals surface area contributed by atoms with E-state index in [1.807, 2.05) is 30.3 Å². The van der Waals surface area contributed by atoms with Crippen molar-refractivity contribution in [2.75, 3.05) is 18.5 Å². The molecule has 0 unspecified atom stereocenters. The minimum atomic E-state index is -0.792. The van der Waals surface area contributed by atoms with E-state index in [1.54, 1.807) is 0 Å². The predicted octanol–water partition coefficient (Wildman–Crippen LogP) is 2.41. The number of benzene rings is 2. The Morgan fingerprint density at radius 3 is 2.80 bits per heavy atom. The van der Waals surface area contributed by atoms with Crippen LogP contribution >= 0.6 is 11.6 Å². The first kappa shape index (κ1) is 17.3. The van der Waals surface area contributed by atoms with Crippen molar-refractivity contribution in [1.29, 1.82) is 0 Å². The largest absolute Gasteiger partial charge is 0.506 e. The molecule has 2 aromatic carbocycles. The number of hydrogen-bond acceptors (Lipinski definition) is 4. The van der Waals surface area contributed by atoms with Gasteiger partial charge in [0.05, 0.1) is 12.3 Å². The lowest BCUT2D eigenvalue weighted by molar-refractivity contribution is -0.154. The summed E-state index contributed by atoms with van der Waals surface area (Å²) in [6.45, 7) is 0.341. The Hall–Kier alpha value is -2.57. The zero-order valence-electron chi connectivity index (χ0n) is 13.3. The molecular weight excluding hydrogens is 344 g/mol. The highest BCUT2D eigenvalue weighted by molar-refractivity contribution is 6.31. The first-order chi connectivity index (χ1) is 12.0. The number of ether oxygens (including phenoxy) is 1. The Bertz CT molecular complexity index is 782. The number of carbonyl (C=O) groups excluding carboxylic acids is 2. The standard InChI is InChI=1S/C18H17ClN2O4/c19-13-6-7-16(22)14(8-13)20-18(24)15-10-25-11-17(23)21(15)9-12-4-2-1-3-5-12/h1-8,15,22H,9-11H2,(H,20,24)/t15-/m1/s1. The van der Waals surface area contributed by atoms with Crippen molar-refractivity contribution in [2.45, 2.75) is 12.6 Å². The van der Waals surface area contributed by atoms with Crippen LogP contribution in [0, 0.1) is 0 Å². The van der Waals surface area contributed by atoms with Crippen molar-refractivity contribution in [3.8, 4) is 5.75 Å². The summed E-state index contributed by atoms with van der Waals surface area (Å²) in [7, 11) is 0. The van der Waals surface area contributed by atoms with Crippen molar-refractivity contribution >= 4 is 29.1 Å². The Balaban J connectivity index is 1.78. The first-order valence-electron chi connectivity index (χ1n) is 7.75. The monoisotopic (exact) mass is 360 g/mol. The lowest BCUT2D eigenvalue weighted by atomic mass is 10.1. The van der Waals surface area contributed by atoms with E-state index in [4.69, 9.17) is 16.3 Å². The molecule has 0 radical (unpaired) electrons. The van der Waals surface area contributed by atoms with Crippen LogP contribution in [0.2, 0.25) is 5.02 Å². The number of phenolic OH excluding ortho intramolecular Hbond substituents is 1. The van der Waals surface area contributed by atoms with E-state index in [2.05, 4.69) is 5.32 Å². The van der Waals surface area contributed by atoms with Crippen LogP contribution in [0.5, 0.6) is 5.75 Å². The molecule has 0 aliphatic carbocycles. The number of morpholine rings is 1. The lowest BCUT2D eigenvalue weighted by Crippen LogP contribution is -2.54. The van der Waals surface area contributed by atoms with Crippen molar-refractivity contribution in [3.05, 3.63) is 59.1 Å². The zero-order chi connectivity index (χ0) is 17.8. The normalized spacial score (nSPS) is 17.4. The van der Waals surface area contributed by atoms with E-state index in [1.165, 1.54) is 23.1 Å². The molecule has 0 spiro atoms. The first-order valence-corrected chi connectivity index (χ1v) is 8.13. The van der Waals surface area contributed by atoms with Gasteiger partial charge < -0.3 is 20.1 Å². The van der Waals surface area contributed by atoms with Crippen LogP contribution < -0.4 is 5.32 Å².